The number of hydrogen-bond acceptors (Lipinski definition) is 3. The molecule has 6 heteroatoms. The number of halogens is 1. The Hall–Kier alpha value is -1.75. The van der Waals surface area contributed by atoms with Crippen LogP contribution in [-0.4, -0.2) is 25.5 Å². The first-order valence-corrected chi connectivity index (χ1v) is 6.70. The second-order valence-electron chi connectivity index (χ2n) is 4.77. The van der Waals surface area contributed by atoms with Gasteiger partial charge in [-0.25, -0.2) is 0 Å². The minimum atomic E-state index is -0.382. The smallest absolute Gasteiger partial charge is 0.233 e. The number of carbonyl (C=O) groups is 2. The van der Waals surface area contributed by atoms with E-state index in [-0.39, 0.29) is 18.2 Å². The van der Waals surface area contributed by atoms with Gasteiger partial charge in [-0.15, -0.1) is 0 Å². The van der Waals surface area contributed by atoms with E-state index in [4.69, 9.17) is 16.3 Å². The molecular formula is C14H19ClN2O3. The molecule has 20 heavy (non-hydrogen) atoms. The summed E-state index contributed by atoms with van der Waals surface area (Å²) in [6, 6.07) is 4.88. The Morgan fingerprint density at radius 3 is 2.55 bits per heavy atom. The molecule has 0 aliphatic carbocycles. The molecule has 0 fully saturated rings. The van der Waals surface area contributed by atoms with E-state index in [0.717, 1.165) is 0 Å². The quantitative estimate of drug-likeness (QED) is 0.793. The zero-order valence-corrected chi connectivity index (χ0v) is 12.6. The zero-order chi connectivity index (χ0) is 15.1. The van der Waals surface area contributed by atoms with Gasteiger partial charge in [0.1, 0.15) is 12.2 Å². The highest BCUT2D eigenvalue weighted by Crippen LogP contribution is 2.27. The summed E-state index contributed by atoms with van der Waals surface area (Å²) in [6.45, 7) is 4.53. The van der Waals surface area contributed by atoms with E-state index >= 15 is 0 Å². The fourth-order valence-corrected chi connectivity index (χ4v) is 1.73. The van der Waals surface area contributed by atoms with Gasteiger partial charge in [-0.1, -0.05) is 25.4 Å². The molecule has 0 spiro atoms. The number of rotatable bonds is 6. The van der Waals surface area contributed by atoms with Crippen LogP contribution in [0, 0.1) is 5.92 Å². The normalized spacial score (nSPS) is 10.2. The van der Waals surface area contributed by atoms with Crippen LogP contribution in [0.4, 0.5) is 5.69 Å². The average molecular weight is 299 g/mol. The van der Waals surface area contributed by atoms with Crippen LogP contribution < -0.4 is 15.4 Å². The van der Waals surface area contributed by atoms with Crippen LogP contribution in [0.15, 0.2) is 18.2 Å². The summed E-state index contributed by atoms with van der Waals surface area (Å²) in [7, 11) is 1.51. The van der Waals surface area contributed by atoms with Crippen LogP contribution >= 0.6 is 11.6 Å². The summed E-state index contributed by atoms with van der Waals surface area (Å²) in [5, 5.41) is 5.69. The van der Waals surface area contributed by atoms with Gasteiger partial charge < -0.3 is 15.4 Å². The van der Waals surface area contributed by atoms with Gasteiger partial charge >= 0.3 is 0 Å². The molecule has 0 aliphatic heterocycles. The SMILES string of the molecule is COc1ccc(NC(=O)CC(=O)NCC(C)C)cc1Cl. The number of carbonyl (C=O) groups excluding carboxylic acids is 2. The lowest BCUT2D eigenvalue weighted by atomic mass is 10.2. The van der Waals surface area contributed by atoms with Crippen LogP contribution in [0.3, 0.4) is 0 Å². The highest BCUT2D eigenvalue weighted by Gasteiger charge is 2.10. The highest BCUT2D eigenvalue weighted by molar-refractivity contribution is 6.32. The van der Waals surface area contributed by atoms with Crippen LogP contribution in [0.1, 0.15) is 20.3 Å². The lowest BCUT2D eigenvalue weighted by Gasteiger charge is -2.09. The third-order valence-corrected chi connectivity index (χ3v) is 2.76. The average Bonchev–Trinajstić information content (AvgIpc) is 2.36. The third kappa shape index (κ3) is 5.48. The van der Waals surface area contributed by atoms with Crippen molar-refractivity contribution in [2.45, 2.75) is 20.3 Å². The number of nitrogens with one attached hydrogen (secondary N) is 2. The summed E-state index contributed by atoms with van der Waals surface area (Å²) in [5.74, 6) is 0.199. The number of anilines is 1. The molecule has 0 bridgehead atoms. The third-order valence-electron chi connectivity index (χ3n) is 2.46. The monoisotopic (exact) mass is 298 g/mol. The van der Waals surface area contributed by atoms with Crippen molar-refractivity contribution in [2.24, 2.45) is 5.92 Å². The fraction of sp³-hybridized carbons (Fsp3) is 0.429. The Bertz CT molecular complexity index is 489. The van der Waals surface area contributed by atoms with Gasteiger partial charge in [0.25, 0.3) is 0 Å². The van der Waals surface area contributed by atoms with Gasteiger partial charge in [0.2, 0.25) is 11.8 Å². The van der Waals surface area contributed by atoms with Gasteiger partial charge in [-0.2, -0.15) is 0 Å². The second-order valence-corrected chi connectivity index (χ2v) is 5.18. The molecule has 2 N–H and O–H groups in total. The summed E-state index contributed by atoms with van der Waals surface area (Å²) in [5.41, 5.74) is 0.525. The van der Waals surface area contributed by atoms with Crippen LogP contribution in [-0.2, 0) is 9.59 Å². The summed E-state index contributed by atoms with van der Waals surface area (Å²) in [6.07, 6.45) is -0.212. The van der Waals surface area contributed by atoms with Gasteiger partial charge in [-0.05, 0) is 24.1 Å². The molecule has 0 radical (unpaired) electrons. The van der Waals surface area contributed by atoms with E-state index in [9.17, 15) is 9.59 Å². The molecule has 0 aromatic heterocycles. The predicted molar refractivity (Wildman–Crippen MR) is 79.1 cm³/mol. The molecular weight excluding hydrogens is 280 g/mol. The van der Waals surface area contributed by atoms with Gasteiger partial charge in [0.15, 0.2) is 0 Å². The van der Waals surface area contributed by atoms with Gasteiger partial charge in [0.05, 0.1) is 12.1 Å². The van der Waals surface area contributed by atoms with E-state index < -0.39 is 0 Å². The number of benzene rings is 1. The molecule has 110 valence electrons. The van der Waals surface area contributed by atoms with Crippen molar-refractivity contribution < 1.29 is 14.3 Å². The Balaban J connectivity index is 2.50. The fourth-order valence-electron chi connectivity index (χ4n) is 1.48. The molecule has 1 aromatic rings. The first kappa shape index (κ1) is 16.3. The topological polar surface area (TPSA) is 67.4 Å². The Labute approximate surface area is 123 Å². The largest absolute Gasteiger partial charge is 0.495 e. The van der Waals surface area contributed by atoms with E-state index in [2.05, 4.69) is 10.6 Å². The number of ether oxygens (including phenoxy) is 1. The van der Waals surface area contributed by atoms with Crippen molar-refractivity contribution in [3.05, 3.63) is 23.2 Å². The highest BCUT2D eigenvalue weighted by atomic mass is 35.5. The first-order chi connectivity index (χ1) is 9.42. The Morgan fingerprint density at radius 1 is 1.30 bits per heavy atom. The minimum absolute atomic E-state index is 0.212. The Morgan fingerprint density at radius 2 is 2.00 bits per heavy atom. The maximum Gasteiger partial charge on any atom is 0.233 e. The predicted octanol–water partition coefficient (Wildman–Crippen LogP) is 2.45. The van der Waals surface area contributed by atoms with E-state index in [1.807, 2.05) is 13.8 Å². The van der Waals surface area contributed by atoms with E-state index in [0.29, 0.717) is 28.9 Å². The van der Waals surface area contributed by atoms with Gasteiger partial charge in [-0.3, -0.25) is 9.59 Å². The maximum absolute atomic E-state index is 11.7. The van der Waals surface area contributed by atoms with Gasteiger partial charge in [0, 0.05) is 12.2 Å². The first-order valence-electron chi connectivity index (χ1n) is 6.32. The molecule has 0 aliphatic rings. The summed E-state index contributed by atoms with van der Waals surface area (Å²) < 4.78 is 5.02. The molecule has 0 heterocycles. The van der Waals surface area contributed by atoms with E-state index in [1.165, 1.54) is 7.11 Å². The summed E-state index contributed by atoms with van der Waals surface area (Å²) >= 11 is 5.95. The van der Waals surface area contributed by atoms with Crippen molar-refractivity contribution in [2.75, 3.05) is 19.0 Å². The van der Waals surface area contributed by atoms with Crippen molar-refractivity contribution in [3.63, 3.8) is 0 Å². The zero-order valence-electron chi connectivity index (χ0n) is 11.8. The molecule has 1 aromatic carbocycles. The second kappa shape index (κ2) is 7.75. The molecule has 5 nitrogen and oxygen atoms in total. The molecule has 2 amide bonds. The van der Waals surface area contributed by atoms with E-state index in [1.54, 1.807) is 18.2 Å². The maximum atomic E-state index is 11.7. The Kier molecular flexibility index (Phi) is 6.31. The number of amides is 2. The molecule has 0 unspecified atom stereocenters. The van der Waals surface area contributed by atoms with Crippen molar-refractivity contribution in [3.8, 4) is 5.75 Å². The molecule has 1 rings (SSSR count). The summed E-state index contributed by atoms with van der Waals surface area (Å²) in [4.78, 5) is 23.2. The van der Waals surface area contributed by atoms with Crippen LogP contribution in [0.25, 0.3) is 0 Å². The van der Waals surface area contributed by atoms with Crippen LogP contribution in [0.5, 0.6) is 5.75 Å². The van der Waals surface area contributed by atoms with Crippen LogP contribution in [0.2, 0.25) is 5.02 Å². The molecule has 0 saturated heterocycles. The molecule has 0 atom stereocenters. The lowest BCUT2D eigenvalue weighted by Crippen LogP contribution is -2.30. The van der Waals surface area contributed by atoms with Crippen molar-refractivity contribution in [1.29, 1.82) is 0 Å². The number of methoxy groups -OCH3 is 1. The number of hydrogen-bond donors (Lipinski definition) is 2. The lowest BCUT2D eigenvalue weighted by molar-refractivity contribution is -0.126. The minimum Gasteiger partial charge on any atom is -0.495 e. The molecule has 0 saturated carbocycles. The standard InChI is InChI=1S/C14H19ClN2O3/c1-9(2)8-16-13(18)7-14(19)17-10-4-5-12(20-3)11(15)6-10/h4-6,9H,7-8H2,1-3H3,(H,16,18)(H,17,19). The van der Waals surface area contributed by atoms with Crippen molar-refractivity contribution >= 4 is 29.1 Å². The van der Waals surface area contributed by atoms with Crippen molar-refractivity contribution in [1.82, 2.24) is 5.32 Å².